The Morgan fingerprint density at radius 3 is 2.49 bits per heavy atom. The molecule has 0 aliphatic carbocycles. The summed E-state index contributed by atoms with van der Waals surface area (Å²) in [6.07, 6.45) is 0.206. The van der Waals surface area contributed by atoms with Crippen LogP contribution in [0.4, 0.5) is 22.8 Å². The van der Waals surface area contributed by atoms with E-state index in [1.165, 1.54) is 56.2 Å². The highest BCUT2D eigenvalue weighted by Gasteiger charge is 2.50. The maximum atomic E-state index is 14.6. The molecule has 0 bridgehead atoms. The van der Waals surface area contributed by atoms with Crippen LogP contribution in [0.15, 0.2) is 55.1 Å². The number of benzene rings is 2. The van der Waals surface area contributed by atoms with Crippen molar-refractivity contribution in [2.24, 2.45) is 0 Å². The van der Waals surface area contributed by atoms with Crippen molar-refractivity contribution in [3.05, 3.63) is 83.7 Å². The number of hydrogen-bond acceptors (Lipinski definition) is 6. The number of urea groups is 1. The SMILES string of the molecule is C=CCOC(=O)NCCC[C@H]1C(=O)N(Cc2ccc(F)cc2F)C[C@H]2N1C(=O)CN(C)N2C(=O)NCc1ccc(F)cc1. The standard InChI is InChI=1S/C29H33F3N6O5/c1-3-13-43-29(42)33-12-4-5-24-27(40)36(16-20-8-11-22(31)14-23(20)32)17-25-37(24)26(39)18-35(2)38(25)28(41)34-15-19-6-9-21(30)10-7-19/h3,6-11,14,24-25H,1,4-5,12-13,15-18H2,2H3,(H,33,42)(H,34,41)/t24-,25-/m0/s1. The highest BCUT2D eigenvalue weighted by atomic mass is 19.1. The van der Waals surface area contributed by atoms with E-state index < -0.39 is 47.7 Å². The number of rotatable bonds is 10. The summed E-state index contributed by atoms with van der Waals surface area (Å²) in [5.74, 6) is -2.88. The van der Waals surface area contributed by atoms with Crippen molar-refractivity contribution in [1.29, 1.82) is 0 Å². The highest BCUT2D eigenvalue weighted by Crippen LogP contribution is 2.29. The second-order valence-corrected chi connectivity index (χ2v) is 10.2. The Labute approximate surface area is 246 Å². The Morgan fingerprint density at radius 2 is 1.79 bits per heavy atom. The van der Waals surface area contributed by atoms with Crippen molar-refractivity contribution in [2.75, 3.05) is 33.3 Å². The summed E-state index contributed by atoms with van der Waals surface area (Å²) in [7, 11) is 1.56. The number of nitrogens with one attached hydrogen (secondary N) is 2. The normalized spacial score (nSPS) is 18.7. The molecular formula is C29H33F3N6O5. The zero-order valence-corrected chi connectivity index (χ0v) is 23.6. The number of carbonyl (C=O) groups is 4. The lowest BCUT2D eigenvalue weighted by atomic mass is 10.0. The fraction of sp³-hybridized carbons (Fsp3) is 0.379. The molecule has 11 nitrogen and oxygen atoms in total. The maximum absolute atomic E-state index is 14.6. The lowest BCUT2D eigenvalue weighted by Gasteiger charge is -2.54. The summed E-state index contributed by atoms with van der Waals surface area (Å²) in [4.78, 5) is 55.0. The number of fused-ring (bicyclic) bond motifs is 1. The van der Waals surface area contributed by atoms with E-state index >= 15 is 0 Å². The number of nitrogens with zero attached hydrogens (tertiary/aromatic N) is 4. The third-order valence-electron chi connectivity index (χ3n) is 7.14. The lowest BCUT2D eigenvalue weighted by molar-refractivity contribution is -0.188. The average molecular weight is 603 g/mol. The van der Waals surface area contributed by atoms with E-state index in [-0.39, 0.29) is 63.6 Å². The highest BCUT2D eigenvalue weighted by molar-refractivity contribution is 5.91. The molecule has 14 heteroatoms. The molecule has 2 aliphatic heterocycles. The molecule has 2 saturated heterocycles. The smallest absolute Gasteiger partial charge is 0.407 e. The molecule has 2 atom stereocenters. The summed E-state index contributed by atoms with van der Waals surface area (Å²) in [5, 5.41) is 8.08. The van der Waals surface area contributed by atoms with E-state index in [2.05, 4.69) is 17.2 Å². The minimum Gasteiger partial charge on any atom is -0.445 e. The van der Waals surface area contributed by atoms with Crippen LogP contribution in [-0.4, -0.2) is 89.3 Å². The summed E-state index contributed by atoms with van der Waals surface area (Å²) in [5.41, 5.74) is 0.711. The second-order valence-electron chi connectivity index (χ2n) is 10.2. The predicted octanol–water partition coefficient (Wildman–Crippen LogP) is 2.73. The zero-order valence-electron chi connectivity index (χ0n) is 23.6. The first kappa shape index (κ1) is 31.3. The van der Waals surface area contributed by atoms with Crippen LogP contribution in [0, 0.1) is 17.5 Å². The average Bonchev–Trinajstić information content (AvgIpc) is 2.96. The number of hydrogen-bond donors (Lipinski definition) is 2. The van der Waals surface area contributed by atoms with Gasteiger partial charge in [0.25, 0.3) is 0 Å². The van der Waals surface area contributed by atoms with E-state index in [1.54, 1.807) is 7.05 Å². The molecule has 5 amide bonds. The molecule has 2 aliphatic rings. The molecule has 4 rings (SSSR count). The van der Waals surface area contributed by atoms with E-state index in [0.717, 1.165) is 12.1 Å². The van der Waals surface area contributed by atoms with Crippen molar-refractivity contribution in [2.45, 2.75) is 38.1 Å². The third kappa shape index (κ3) is 7.63. The first-order chi connectivity index (χ1) is 20.6. The summed E-state index contributed by atoms with van der Waals surface area (Å²) >= 11 is 0. The van der Waals surface area contributed by atoms with Crippen molar-refractivity contribution >= 4 is 23.9 Å². The molecule has 2 aromatic rings. The quantitative estimate of drug-likeness (QED) is 0.320. The van der Waals surface area contributed by atoms with Crippen LogP contribution in [-0.2, 0) is 27.4 Å². The van der Waals surface area contributed by atoms with Gasteiger partial charge in [-0.15, -0.1) is 0 Å². The number of amides is 5. The van der Waals surface area contributed by atoms with Gasteiger partial charge in [-0.2, -0.15) is 0 Å². The van der Waals surface area contributed by atoms with Gasteiger partial charge in [-0.1, -0.05) is 30.9 Å². The van der Waals surface area contributed by atoms with Crippen molar-refractivity contribution < 1.29 is 37.1 Å². The van der Waals surface area contributed by atoms with E-state index in [4.69, 9.17) is 4.74 Å². The Hall–Kier alpha value is -4.59. The van der Waals surface area contributed by atoms with Gasteiger partial charge in [0, 0.05) is 38.3 Å². The van der Waals surface area contributed by atoms with Crippen molar-refractivity contribution in [3.63, 3.8) is 0 Å². The number of alkyl carbamates (subject to hydrolysis) is 1. The fourth-order valence-corrected chi connectivity index (χ4v) is 5.11. The number of piperazine rings is 1. The first-order valence-corrected chi connectivity index (χ1v) is 13.7. The van der Waals surface area contributed by atoms with Crippen molar-refractivity contribution in [1.82, 2.24) is 30.5 Å². The molecule has 0 aromatic heterocycles. The van der Waals surface area contributed by atoms with Crippen LogP contribution >= 0.6 is 0 Å². The van der Waals surface area contributed by atoms with Crippen LogP contribution in [0.3, 0.4) is 0 Å². The van der Waals surface area contributed by atoms with Gasteiger partial charge in [0.2, 0.25) is 11.8 Å². The number of hydrazine groups is 1. The Balaban J connectivity index is 1.56. The van der Waals surface area contributed by atoms with Crippen LogP contribution in [0.5, 0.6) is 0 Å². The topological polar surface area (TPSA) is 115 Å². The molecule has 0 unspecified atom stereocenters. The number of halogens is 3. The summed E-state index contributed by atoms with van der Waals surface area (Å²) in [6, 6.07) is 7.05. The molecule has 0 saturated carbocycles. The van der Waals surface area contributed by atoms with Gasteiger partial charge in [0.1, 0.15) is 36.3 Å². The van der Waals surface area contributed by atoms with Gasteiger partial charge in [0.15, 0.2) is 0 Å². The minimum atomic E-state index is -1.03. The van der Waals surface area contributed by atoms with Crippen LogP contribution < -0.4 is 10.6 Å². The largest absolute Gasteiger partial charge is 0.445 e. The monoisotopic (exact) mass is 602 g/mol. The maximum Gasteiger partial charge on any atom is 0.407 e. The summed E-state index contributed by atoms with van der Waals surface area (Å²) < 4.78 is 46.3. The van der Waals surface area contributed by atoms with E-state index in [0.29, 0.717) is 5.56 Å². The molecular weight excluding hydrogens is 569 g/mol. The Kier molecular flexibility index (Phi) is 10.2. The number of likely N-dealkylation sites (N-methyl/N-ethyl adjacent to an activating group) is 1. The van der Waals surface area contributed by atoms with Crippen LogP contribution in [0.25, 0.3) is 0 Å². The van der Waals surface area contributed by atoms with Gasteiger partial charge >= 0.3 is 12.1 Å². The van der Waals surface area contributed by atoms with Gasteiger partial charge in [0.05, 0.1) is 13.1 Å². The fourth-order valence-electron chi connectivity index (χ4n) is 5.11. The predicted molar refractivity (Wildman–Crippen MR) is 148 cm³/mol. The van der Waals surface area contributed by atoms with Gasteiger partial charge in [-0.05, 0) is 36.6 Å². The lowest BCUT2D eigenvalue weighted by Crippen LogP contribution is -2.75. The molecule has 2 heterocycles. The van der Waals surface area contributed by atoms with Gasteiger partial charge in [-0.25, -0.2) is 32.8 Å². The first-order valence-electron chi connectivity index (χ1n) is 13.7. The van der Waals surface area contributed by atoms with Gasteiger partial charge in [-0.3, -0.25) is 9.59 Å². The Morgan fingerprint density at radius 1 is 1.07 bits per heavy atom. The molecule has 0 radical (unpaired) electrons. The third-order valence-corrected chi connectivity index (χ3v) is 7.14. The molecule has 2 fully saturated rings. The van der Waals surface area contributed by atoms with Gasteiger partial charge < -0.3 is 25.2 Å². The number of carbonyl (C=O) groups excluding carboxylic acids is 4. The van der Waals surface area contributed by atoms with Crippen LogP contribution in [0.2, 0.25) is 0 Å². The van der Waals surface area contributed by atoms with E-state index in [9.17, 15) is 32.3 Å². The molecule has 0 spiro atoms. The second kappa shape index (κ2) is 14.1. The molecule has 2 N–H and O–H groups in total. The molecule has 2 aromatic carbocycles. The van der Waals surface area contributed by atoms with E-state index in [1.807, 2.05) is 0 Å². The van der Waals surface area contributed by atoms with Crippen molar-refractivity contribution in [3.8, 4) is 0 Å². The molecule has 230 valence electrons. The Bertz CT molecular complexity index is 1360. The minimum absolute atomic E-state index is 0.0262. The number of ether oxygens (including phenoxy) is 1. The van der Waals surface area contributed by atoms with Crippen LogP contribution in [0.1, 0.15) is 24.0 Å². The zero-order chi connectivity index (χ0) is 31.1. The molecule has 43 heavy (non-hydrogen) atoms. The summed E-state index contributed by atoms with van der Waals surface area (Å²) in [6.45, 7) is 3.16.